The van der Waals surface area contributed by atoms with Crippen LogP contribution in [0, 0.1) is 24.7 Å². The Balaban J connectivity index is 2.04. The number of Topliss-reactive ketones (excluding diaryl/α,β-unsaturated/α-hetero) is 2. The Morgan fingerprint density at radius 2 is 1.62 bits per heavy atom. The molecule has 0 saturated heterocycles. The summed E-state index contributed by atoms with van der Waals surface area (Å²) in [5.41, 5.74) is 2.86. The van der Waals surface area contributed by atoms with Crippen molar-refractivity contribution in [3.8, 4) is 0 Å². The Morgan fingerprint density at radius 1 is 0.952 bits per heavy atom. The Bertz CT molecular complexity index is 656. The molecule has 3 heteroatoms. The van der Waals surface area contributed by atoms with Crippen LogP contribution in [0.4, 0.5) is 0 Å². The average molecular weight is 284 g/mol. The van der Waals surface area contributed by atoms with Gasteiger partial charge in [-0.05, 0) is 36.8 Å². The number of benzene rings is 1. The lowest BCUT2D eigenvalue weighted by molar-refractivity contribution is -0.145. The first-order valence-corrected chi connectivity index (χ1v) is 7.37. The number of hydrogen-bond donors (Lipinski definition) is 0. The fraction of sp³-hybridized carbons (Fsp3) is 0.444. The van der Waals surface area contributed by atoms with E-state index in [9.17, 15) is 9.59 Å². The highest BCUT2D eigenvalue weighted by molar-refractivity contribution is 6.14. The van der Waals surface area contributed by atoms with Gasteiger partial charge in [0.25, 0.3) is 0 Å². The first-order chi connectivity index (χ1) is 9.99. The highest BCUT2D eigenvalue weighted by atomic mass is 16.5. The zero-order valence-corrected chi connectivity index (χ0v) is 12.8. The second kappa shape index (κ2) is 4.83. The number of methoxy groups -OCH3 is 1. The minimum absolute atomic E-state index is 0.00284. The van der Waals surface area contributed by atoms with Crippen molar-refractivity contribution in [2.45, 2.75) is 26.7 Å². The molecule has 2 aliphatic rings. The molecule has 1 saturated carbocycles. The summed E-state index contributed by atoms with van der Waals surface area (Å²) in [5.74, 6) is 0.205. The Hall–Kier alpha value is -1.90. The zero-order valence-electron chi connectivity index (χ0n) is 12.8. The van der Waals surface area contributed by atoms with E-state index in [2.05, 4.69) is 26.0 Å². The molecule has 0 bridgehead atoms. The Labute approximate surface area is 125 Å². The third-order valence-corrected chi connectivity index (χ3v) is 5.20. The second-order valence-electron chi connectivity index (χ2n) is 6.18. The summed E-state index contributed by atoms with van der Waals surface area (Å²) in [4.78, 5) is 25.2. The van der Waals surface area contributed by atoms with Gasteiger partial charge in [0, 0.05) is 17.4 Å². The summed E-state index contributed by atoms with van der Waals surface area (Å²) in [6, 6.07) is 8.14. The number of carbonyl (C=O) groups is 2. The molecule has 0 N–H and O–H groups in total. The number of allylic oxidation sites excluding steroid dienone is 2. The smallest absolute Gasteiger partial charge is 0.201 e. The van der Waals surface area contributed by atoms with E-state index in [0.29, 0.717) is 5.57 Å². The quantitative estimate of drug-likeness (QED) is 0.838. The lowest BCUT2D eigenvalue weighted by atomic mass is 9.50. The van der Waals surface area contributed by atoms with Gasteiger partial charge in [-0.2, -0.15) is 0 Å². The van der Waals surface area contributed by atoms with E-state index in [1.807, 2.05) is 12.1 Å². The van der Waals surface area contributed by atoms with Crippen molar-refractivity contribution < 1.29 is 14.3 Å². The van der Waals surface area contributed by atoms with Crippen LogP contribution in [-0.4, -0.2) is 18.7 Å². The SMILES string of the molecule is COC1=C(C)C(=O)C2C(C1=O)[C@H](C)[C@H]2c1ccccc1C. The Kier molecular flexibility index (Phi) is 3.23. The van der Waals surface area contributed by atoms with Crippen LogP contribution in [0.15, 0.2) is 35.6 Å². The van der Waals surface area contributed by atoms with E-state index in [4.69, 9.17) is 4.74 Å². The summed E-state index contributed by atoms with van der Waals surface area (Å²) in [6.07, 6.45) is 0. The second-order valence-corrected chi connectivity index (χ2v) is 6.18. The molecule has 0 heterocycles. The normalized spacial score (nSPS) is 31.8. The van der Waals surface area contributed by atoms with Crippen LogP contribution in [0.3, 0.4) is 0 Å². The van der Waals surface area contributed by atoms with Gasteiger partial charge in [-0.1, -0.05) is 31.2 Å². The van der Waals surface area contributed by atoms with Crippen molar-refractivity contribution >= 4 is 11.6 Å². The summed E-state index contributed by atoms with van der Waals surface area (Å²) >= 11 is 0. The number of ether oxygens (including phenoxy) is 1. The first kappa shape index (κ1) is 14.1. The number of hydrogen-bond acceptors (Lipinski definition) is 3. The van der Waals surface area contributed by atoms with Gasteiger partial charge in [0.1, 0.15) is 0 Å². The van der Waals surface area contributed by atoms with E-state index in [-0.39, 0.29) is 41.0 Å². The van der Waals surface area contributed by atoms with E-state index < -0.39 is 0 Å². The van der Waals surface area contributed by atoms with Gasteiger partial charge >= 0.3 is 0 Å². The molecule has 1 aromatic rings. The van der Waals surface area contributed by atoms with E-state index in [1.54, 1.807) is 6.92 Å². The van der Waals surface area contributed by atoms with Crippen molar-refractivity contribution in [3.63, 3.8) is 0 Å². The van der Waals surface area contributed by atoms with E-state index >= 15 is 0 Å². The van der Waals surface area contributed by atoms with Gasteiger partial charge in [-0.15, -0.1) is 0 Å². The predicted molar refractivity (Wildman–Crippen MR) is 79.8 cm³/mol. The molecule has 110 valence electrons. The van der Waals surface area contributed by atoms with Gasteiger partial charge in [-0.25, -0.2) is 0 Å². The molecule has 2 aliphatic carbocycles. The monoisotopic (exact) mass is 284 g/mol. The summed E-state index contributed by atoms with van der Waals surface area (Å²) in [6.45, 7) is 5.83. The van der Waals surface area contributed by atoms with Crippen LogP contribution in [0.2, 0.25) is 0 Å². The molecule has 1 fully saturated rings. The maximum atomic E-state index is 12.7. The molecule has 0 amide bonds. The fourth-order valence-electron chi connectivity index (χ4n) is 4.07. The van der Waals surface area contributed by atoms with Crippen LogP contribution in [0.25, 0.3) is 0 Å². The van der Waals surface area contributed by atoms with Crippen molar-refractivity contribution in [1.82, 2.24) is 0 Å². The molecule has 3 nitrogen and oxygen atoms in total. The first-order valence-electron chi connectivity index (χ1n) is 7.37. The summed E-state index contributed by atoms with van der Waals surface area (Å²) in [7, 11) is 1.46. The zero-order chi connectivity index (χ0) is 15.3. The van der Waals surface area contributed by atoms with Crippen LogP contribution >= 0.6 is 0 Å². The van der Waals surface area contributed by atoms with Crippen molar-refractivity contribution in [2.75, 3.05) is 7.11 Å². The molecule has 2 unspecified atom stereocenters. The molecular formula is C18H20O3. The van der Waals surface area contributed by atoms with E-state index in [1.165, 1.54) is 18.2 Å². The third-order valence-electron chi connectivity index (χ3n) is 5.20. The van der Waals surface area contributed by atoms with Crippen molar-refractivity contribution in [2.24, 2.45) is 17.8 Å². The molecule has 0 aromatic heterocycles. The van der Waals surface area contributed by atoms with Gasteiger partial charge < -0.3 is 4.74 Å². The number of ketones is 2. The van der Waals surface area contributed by atoms with Gasteiger partial charge in [-0.3, -0.25) is 9.59 Å². The predicted octanol–water partition coefficient (Wildman–Crippen LogP) is 3.03. The minimum Gasteiger partial charge on any atom is -0.493 e. The number of fused-ring (bicyclic) bond motifs is 1. The van der Waals surface area contributed by atoms with E-state index in [0.717, 1.165) is 0 Å². The van der Waals surface area contributed by atoms with Crippen molar-refractivity contribution in [3.05, 3.63) is 46.7 Å². The molecule has 0 aliphatic heterocycles. The molecule has 1 aromatic carbocycles. The van der Waals surface area contributed by atoms with Crippen LogP contribution in [-0.2, 0) is 14.3 Å². The lowest BCUT2D eigenvalue weighted by Crippen LogP contribution is -2.55. The van der Waals surface area contributed by atoms with Crippen LogP contribution in [0.1, 0.15) is 30.9 Å². The number of carbonyl (C=O) groups excluding carboxylic acids is 2. The van der Waals surface area contributed by atoms with Gasteiger partial charge in [0.05, 0.1) is 7.11 Å². The highest BCUT2D eigenvalue weighted by Gasteiger charge is 2.59. The van der Waals surface area contributed by atoms with Crippen LogP contribution in [0.5, 0.6) is 0 Å². The topological polar surface area (TPSA) is 43.4 Å². The molecule has 0 spiro atoms. The fourth-order valence-corrected chi connectivity index (χ4v) is 4.07. The number of rotatable bonds is 2. The third kappa shape index (κ3) is 1.80. The van der Waals surface area contributed by atoms with Crippen LogP contribution < -0.4 is 0 Å². The summed E-state index contributed by atoms with van der Waals surface area (Å²) < 4.78 is 5.16. The highest BCUT2D eigenvalue weighted by Crippen LogP contribution is 2.56. The molecular weight excluding hydrogens is 264 g/mol. The largest absolute Gasteiger partial charge is 0.493 e. The summed E-state index contributed by atoms with van der Waals surface area (Å²) in [5, 5.41) is 0. The lowest BCUT2D eigenvalue weighted by Gasteiger charge is -2.51. The molecule has 4 atom stereocenters. The minimum atomic E-state index is -0.222. The van der Waals surface area contributed by atoms with Crippen molar-refractivity contribution in [1.29, 1.82) is 0 Å². The number of aryl methyl sites for hydroxylation is 1. The maximum Gasteiger partial charge on any atom is 0.201 e. The molecule has 3 rings (SSSR count). The Morgan fingerprint density at radius 3 is 2.24 bits per heavy atom. The van der Waals surface area contributed by atoms with Gasteiger partial charge in [0.2, 0.25) is 5.78 Å². The van der Waals surface area contributed by atoms with Gasteiger partial charge in [0.15, 0.2) is 11.5 Å². The molecule has 21 heavy (non-hydrogen) atoms. The standard InChI is InChI=1S/C18H20O3/c1-9-7-5-6-8-12(9)13-10(2)14-15(13)16(19)11(3)18(21-4)17(14)20/h5-8,10,13-15H,1-4H3/t10-,13+,14?,15?/m1/s1. The maximum absolute atomic E-state index is 12.7. The molecule has 0 radical (unpaired) electrons. The average Bonchev–Trinajstić information content (AvgIpc) is 2.45.